The zero-order valence-electron chi connectivity index (χ0n) is 12.8. The molecule has 0 aliphatic heterocycles. The molecule has 0 aliphatic carbocycles. The Balaban J connectivity index is 1.74. The van der Waals surface area contributed by atoms with E-state index >= 15 is 0 Å². The Morgan fingerprint density at radius 2 is 1.82 bits per heavy atom. The molecule has 0 saturated heterocycles. The number of nitrogens with zero attached hydrogens (tertiary/aromatic N) is 1. The van der Waals surface area contributed by atoms with Gasteiger partial charge in [-0.3, -0.25) is 9.59 Å². The van der Waals surface area contributed by atoms with Crippen molar-refractivity contribution in [2.45, 2.75) is 19.4 Å². The molecule has 0 fully saturated rings. The summed E-state index contributed by atoms with van der Waals surface area (Å²) in [6.07, 6.45) is 0.485. The smallest absolute Gasteiger partial charge is 0.220 e. The topological polar surface area (TPSA) is 49.4 Å². The predicted octanol–water partition coefficient (Wildman–Crippen LogP) is 3.09. The molecular weight excluding hydrogens is 296 g/mol. The van der Waals surface area contributed by atoms with Gasteiger partial charge in [0.2, 0.25) is 5.91 Å². The number of carbonyl (C=O) groups excluding carboxylic acids is 2. The molecule has 1 aromatic heterocycles. The highest BCUT2D eigenvalue weighted by atomic mass is 32.1. The summed E-state index contributed by atoms with van der Waals surface area (Å²) in [4.78, 5) is 26.4. The molecule has 0 aliphatic rings. The van der Waals surface area contributed by atoms with Gasteiger partial charge in [-0.2, -0.15) is 0 Å². The van der Waals surface area contributed by atoms with Crippen molar-refractivity contribution in [1.29, 1.82) is 0 Å². The van der Waals surface area contributed by atoms with Crippen LogP contribution in [-0.4, -0.2) is 25.8 Å². The standard InChI is InChI=1S/C17H20N2O2S/c1-19(2)14-7-5-13(6-8-14)12-18-17(21)10-9-15(20)16-4-3-11-22-16/h3-8,11H,9-10,12H2,1-2H3,(H,18,21). The molecule has 0 radical (unpaired) electrons. The molecule has 1 aromatic carbocycles. The van der Waals surface area contributed by atoms with Crippen LogP contribution in [0.3, 0.4) is 0 Å². The number of benzene rings is 1. The molecule has 1 N–H and O–H groups in total. The van der Waals surface area contributed by atoms with Crippen molar-refractivity contribution in [3.8, 4) is 0 Å². The second-order valence-electron chi connectivity index (χ2n) is 5.24. The van der Waals surface area contributed by atoms with E-state index in [1.54, 1.807) is 6.07 Å². The van der Waals surface area contributed by atoms with Crippen molar-refractivity contribution in [3.05, 3.63) is 52.2 Å². The molecule has 0 saturated carbocycles. The summed E-state index contributed by atoms with van der Waals surface area (Å²) in [7, 11) is 3.97. The monoisotopic (exact) mass is 316 g/mol. The lowest BCUT2D eigenvalue weighted by Gasteiger charge is -2.12. The van der Waals surface area contributed by atoms with Crippen LogP contribution >= 0.6 is 11.3 Å². The summed E-state index contributed by atoms with van der Waals surface area (Å²) in [5.41, 5.74) is 2.17. The number of hydrogen-bond donors (Lipinski definition) is 1. The maximum absolute atomic E-state index is 11.8. The van der Waals surface area contributed by atoms with E-state index in [4.69, 9.17) is 0 Å². The molecule has 1 amide bonds. The normalized spacial score (nSPS) is 10.3. The Labute approximate surface area is 134 Å². The second kappa shape index (κ2) is 7.75. The average Bonchev–Trinajstić information content (AvgIpc) is 3.05. The highest BCUT2D eigenvalue weighted by Gasteiger charge is 2.09. The average molecular weight is 316 g/mol. The minimum atomic E-state index is -0.0957. The first kappa shape index (κ1) is 16.2. The first-order valence-corrected chi connectivity index (χ1v) is 8.04. The van der Waals surface area contributed by atoms with Gasteiger partial charge in [-0.25, -0.2) is 0 Å². The number of anilines is 1. The summed E-state index contributed by atoms with van der Waals surface area (Å²) in [6.45, 7) is 0.486. The minimum absolute atomic E-state index is 0.0282. The van der Waals surface area contributed by atoms with Crippen molar-refractivity contribution >= 4 is 28.7 Å². The van der Waals surface area contributed by atoms with E-state index in [2.05, 4.69) is 5.32 Å². The van der Waals surface area contributed by atoms with Gasteiger partial charge in [0.1, 0.15) is 0 Å². The molecular formula is C17H20N2O2S. The third-order valence-electron chi connectivity index (χ3n) is 3.32. The van der Waals surface area contributed by atoms with Crippen molar-refractivity contribution in [1.82, 2.24) is 5.32 Å². The van der Waals surface area contributed by atoms with E-state index in [0.717, 1.165) is 11.3 Å². The Kier molecular flexibility index (Phi) is 5.72. The largest absolute Gasteiger partial charge is 0.378 e. The van der Waals surface area contributed by atoms with Crippen LogP contribution in [0.2, 0.25) is 0 Å². The molecule has 5 heteroatoms. The lowest BCUT2D eigenvalue weighted by atomic mass is 10.1. The van der Waals surface area contributed by atoms with Crippen LogP contribution < -0.4 is 10.2 Å². The Morgan fingerprint density at radius 3 is 2.41 bits per heavy atom. The lowest BCUT2D eigenvalue weighted by Crippen LogP contribution is -2.23. The number of hydrogen-bond acceptors (Lipinski definition) is 4. The third kappa shape index (κ3) is 4.70. The number of carbonyl (C=O) groups is 2. The lowest BCUT2D eigenvalue weighted by molar-refractivity contribution is -0.121. The Bertz CT molecular complexity index is 619. The van der Waals surface area contributed by atoms with Gasteiger partial charge in [-0.1, -0.05) is 18.2 Å². The molecule has 0 bridgehead atoms. The molecule has 22 heavy (non-hydrogen) atoms. The number of nitrogens with one attached hydrogen (secondary N) is 1. The summed E-state index contributed by atoms with van der Waals surface area (Å²) in [5.74, 6) is -0.0675. The van der Waals surface area contributed by atoms with Gasteiger partial charge in [0.15, 0.2) is 5.78 Å². The molecule has 4 nitrogen and oxygen atoms in total. The van der Waals surface area contributed by atoms with Gasteiger partial charge >= 0.3 is 0 Å². The number of thiophene rings is 1. The zero-order valence-corrected chi connectivity index (χ0v) is 13.7. The van der Waals surface area contributed by atoms with E-state index in [0.29, 0.717) is 11.4 Å². The van der Waals surface area contributed by atoms with Crippen LogP contribution in [0.15, 0.2) is 41.8 Å². The van der Waals surface area contributed by atoms with E-state index < -0.39 is 0 Å². The molecule has 2 rings (SSSR count). The molecule has 0 atom stereocenters. The van der Waals surface area contributed by atoms with Crippen LogP contribution in [-0.2, 0) is 11.3 Å². The minimum Gasteiger partial charge on any atom is -0.378 e. The highest BCUT2D eigenvalue weighted by Crippen LogP contribution is 2.13. The van der Waals surface area contributed by atoms with Crippen LogP contribution in [0.25, 0.3) is 0 Å². The highest BCUT2D eigenvalue weighted by molar-refractivity contribution is 7.12. The Morgan fingerprint density at radius 1 is 1.09 bits per heavy atom. The second-order valence-corrected chi connectivity index (χ2v) is 6.19. The van der Waals surface area contributed by atoms with E-state index in [9.17, 15) is 9.59 Å². The molecule has 2 aromatic rings. The van der Waals surface area contributed by atoms with Gasteiger partial charge in [-0.05, 0) is 29.1 Å². The fraction of sp³-hybridized carbons (Fsp3) is 0.294. The fourth-order valence-corrected chi connectivity index (χ4v) is 2.68. The van der Waals surface area contributed by atoms with Gasteiger partial charge < -0.3 is 10.2 Å². The van der Waals surface area contributed by atoms with Gasteiger partial charge in [-0.15, -0.1) is 11.3 Å². The summed E-state index contributed by atoms with van der Waals surface area (Å²) in [6, 6.07) is 11.6. The van der Waals surface area contributed by atoms with Crippen LogP contribution in [0.5, 0.6) is 0 Å². The van der Waals surface area contributed by atoms with Gasteiger partial charge in [0.25, 0.3) is 0 Å². The fourth-order valence-electron chi connectivity index (χ4n) is 1.99. The first-order chi connectivity index (χ1) is 10.6. The van der Waals surface area contributed by atoms with Gasteiger partial charge in [0.05, 0.1) is 4.88 Å². The number of ketones is 1. The quantitative estimate of drug-likeness (QED) is 0.799. The predicted molar refractivity (Wildman–Crippen MR) is 90.5 cm³/mol. The third-order valence-corrected chi connectivity index (χ3v) is 4.23. The SMILES string of the molecule is CN(C)c1ccc(CNC(=O)CCC(=O)c2cccs2)cc1. The van der Waals surface area contributed by atoms with Crippen molar-refractivity contribution in [2.75, 3.05) is 19.0 Å². The zero-order chi connectivity index (χ0) is 15.9. The Hall–Kier alpha value is -2.14. The number of rotatable bonds is 7. The molecule has 0 unspecified atom stereocenters. The number of Topliss-reactive ketones (excluding diaryl/α,β-unsaturated/α-hetero) is 1. The summed E-state index contributed by atoms with van der Waals surface area (Å²) >= 11 is 1.41. The van der Waals surface area contributed by atoms with Crippen LogP contribution in [0.4, 0.5) is 5.69 Å². The van der Waals surface area contributed by atoms with E-state index in [1.807, 2.05) is 54.7 Å². The van der Waals surface area contributed by atoms with Crippen molar-refractivity contribution < 1.29 is 9.59 Å². The van der Waals surface area contributed by atoms with Crippen LogP contribution in [0, 0.1) is 0 Å². The number of amides is 1. The van der Waals surface area contributed by atoms with Gasteiger partial charge in [0, 0.05) is 39.2 Å². The molecule has 1 heterocycles. The van der Waals surface area contributed by atoms with Crippen molar-refractivity contribution in [2.24, 2.45) is 0 Å². The summed E-state index contributed by atoms with van der Waals surface area (Å²) < 4.78 is 0. The summed E-state index contributed by atoms with van der Waals surface area (Å²) in [5, 5.41) is 4.71. The first-order valence-electron chi connectivity index (χ1n) is 7.16. The van der Waals surface area contributed by atoms with Crippen LogP contribution in [0.1, 0.15) is 28.1 Å². The van der Waals surface area contributed by atoms with E-state index in [-0.39, 0.29) is 24.5 Å². The maximum atomic E-state index is 11.8. The van der Waals surface area contributed by atoms with Crippen molar-refractivity contribution in [3.63, 3.8) is 0 Å². The van der Waals surface area contributed by atoms with E-state index in [1.165, 1.54) is 11.3 Å². The maximum Gasteiger partial charge on any atom is 0.220 e. The molecule has 116 valence electrons. The molecule has 0 spiro atoms.